The van der Waals surface area contributed by atoms with Gasteiger partial charge in [0.15, 0.2) is 0 Å². The highest BCUT2D eigenvalue weighted by Crippen LogP contribution is 2.31. The van der Waals surface area contributed by atoms with Crippen LogP contribution in [0.25, 0.3) is 0 Å². The van der Waals surface area contributed by atoms with Gasteiger partial charge in [-0.25, -0.2) is 0 Å². The fraction of sp³-hybridized carbons (Fsp3) is 0.909. The molecule has 0 saturated carbocycles. The lowest BCUT2D eigenvalue weighted by Gasteiger charge is -2.26. The Morgan fingerprint density at radius 2 is 1.92 bits per heavy atom. The van der Waals surface area contributed by atoms with E-state index in [0.717, 1.165) is 12.8 Å². The number of hydrogen-bond acceptors (Lipinski definition) is 1. The summed E-state index contributed by atoms with van der Waals surface area (Å²) >= 11 is 0. The van der Waals surface area contributed by atoms with E-state index < -0.39 is 0 Å². The van der Waals surface area contributed by atoms with E-state index in [2.05, 4.69) is 20.8 Å². The molecule has 0 heterocycles. The van der Waals surface area contributed by atoms with E-state index in [4.69, 9.17) is 0 Å². The summed E-state index contributed by atoms with van der Waals surface area (Å²) < 4.78 is 0. The predicted molar refractivity (Wildman–Crippen MR) is 53.2 cm³/mol. The smallest absolute Gasteiger partial charge is 0.130 e. The minimum Gasteiger partial charge on any atom is -0.300 e. The van der Waals surface area contributed by atoms with Crippen LogP contribution in [0, 0.1) is 5.41 Å². The standard InChI is InChI=1S/C11H22O/c1-5-7-8-11(4,6-2)9-10(3)12/h5-9H2,1-4H3/t11-/m1/s1. The Labute approximate surface area is 76.6 Å². The molecule has 1 atom stereocenters. The lowest BCUT2D eigenvalue weighted by molar-refractivity contribution is -0.119. The van der Waals surface area contributed by atoms with E-state index in [0.29, 0.717) is 5.78 Å². The summed E-state index contributed by atoms with van der Waals surface area (Å²) in [5.41, 5.74) is 0.266. The second-order valence-corrected chi connectivity index (χ2v) is 4.15. The van der Waals surface area contributed by atoms with Crippen LogP contribution in [0.3, 0.4) is 0 Å². The maximum absolute atomic E-state index is 11.0. The molecule has 0 unspecified atom stereocenters. The van der Waals surface area contributed by atoms with Gasteiger partial charge in [0.05, 0.1) is 0 Å². The van der Waals surface area contributed by atoms with E-state index in [1.165, 1.54) is 19.3 Å². The highest BCUT2D eigenvalue weighted by Gasteiger charge is 2.22. The summed E-state index contributed by atoms with van der Waals surface area (Å²) in [7, 11) is 0. The highest BCUT2D eigenvalue weighted by atomic mass is 16.1. The van der Waals surface area contributed by atoms with Crippen LogP contribution in [-0.4, -0.2) is 5.78 Å². The lowest BCUT2D eigenvalue weighted by Crippen LogP contribution is -2.18. The molecule has 0 aromatic heterocycles. The van der Waals surface area contributed by atoms with Gasteiger partial charge in [-0.1, -0.05) is 40.0 Å². The van der Waals surface area contributed by atoms with Gasteiger partial charge in [0, 0.05) is 6.42 Å². The third-order valence-electron chi connectivity index (χ3n) is 2.66. The molecular weight excluding hydrogens is 148 g/mol. The van der Waals surface area contributed by atoms with Crippen LogP contribution < -0.4 is 0 Å². The molecule has 0 rings (SSSR count). The SMILES string of the molecule is CCCC[C@@](C)(CC)CC(C)=O. The minimum absolute atomic E-state index is 0.266. The van der Waals surface area contributed by atoms with E-state index in [1.54, 1.807) is 6.92 Å². The molecule has 72 valence electrons. The van der Waals surface area contributed by atoms with Crippen LogP contribution in [0.2, 0.25) is 0 Å². The van der Waals surface area contributed by atoms with Gasteiger partial charge >= 0.3 is 0 Å². The molecule has 1 heteroatoms. The molecule has 0 aliphatic carbocycles. The number of carbonyl (C=O) groups excluding carboxylic acids is 1. The number of Topliss-reactive ketones (excluding diaryl/α,β-unsaturated/α-hetero) is 1. The van der Waals surface area contributed by atoms with Gasteiger partial charge in [-0.05, 0) is 18.8 Å². The quantitative estimate of drug-likeness (QED) is 0.595. The first-order valence-electron chi connectivity index (χ1n) is 5.03. The van der Waals surface area contributed by atoms with Crippen molar-refractivity contribution in [2.24, 2.45) is 5.41 Å². The van der Waals surface area contributed by atoms with Gasteiger partial charge in [0.1, 0.15) is 5.78 Å². The third kappa shape index (κ3) is 4.53. The van der Waals surface area contributed by atoms with Crippen LogP contribution in [0.1, 0.15) is 59.8 Å². The van der Waals surface area contributed by atoms with E-state index >= 15 is 0 Å². The van der Waals surface area contributed by atoms with Crippen LogP contribution in [0.15, 0.2) is 0 Å². The molecular formula is C11H22O. The molecule has 12 heavy (non-hydrogen) atoms. The Morgan fingerprint density at radius 3 is 2.25 bits per heavy atom. The van der Waals surface area contributed by atoms with Crippen LogP contribution >= 0.6 is 0 Å². The zero-order valence-corrected chi connectivity index (χ0v) is 8.94. The second kappa shape index (κ2) is 5.34. The first kappa shape index (κ1) is 11.7. The van der Waals surface area contributed by atoms with Crippen molar-refractivity contribution in [1.29, 1.82) is 0 Å². The van der Waals surface area contributed by atoms with Gasteiger partial charge < -0.3 is 4.79 Å². The number of hydrogen-bond donors (Lipinski definition) is 0. The van der Waals surface area contributed by atoms with Gasteiger partial charge in [0.25, 0.3) is 0 Å². The number of unbranched alkanes of at least 4 members (excludes halogenated alkanes) is 1. The molecule has 0 aliphatic heterocycles. The van der Waals surface area contributed by atoms with Crippen molar-refractivity contribution in [3.8, 4) is 0 Å². The Bertz CT molecular complexity index is 140. The Balaban J connectivity index is 3.95. The van der Waals surface area contributed by atoms with Crippen molar-refractivity contribution >= 4 is 5.78 Å². The van der Waals surface area contributed by atoms with Crippen molar-refractivity contribution in [1.82, 2.24) is 0 Å². The summed E-state index contributed by atoms with van der Waals surface area (Å²) in [5, 5.41) is 0. The third-order valence-corrected chi connectivity index (χ3v) is 2.66. The Kier molecular flexibility index (Phi) is 5.19. The summed E-state index contributed by atoms with van der Waals surface area (Å²) in [4.78, 5) is 11.0. The number of rotatable bonds is 6. The molecule has 0 spiro atoms. The maximum atomic E-state index is 11.0. The molecule has 0 fully saturated rings. The van der Waals surface area contributed by atoms with Crippen molar-refractivity contribution in [2.45, 2.75) is 59.8 Å². The molecule has 0 aromatic carbocycles. The van der Waals surface area contributed by atoms with Crippen molar-refractivity contribution in [3.05, 3.63) is 0 Å². The Morgan fingerprint density at radius 1 is 1.33 bits per heavy atom. The molecule has 0 saturated heterocycles. The normalized spacial score (nSPS) is 15.7. The molecule has 0 aromatic rings. The monoisotopic (exact) mass is 170 g/mol. The fourth-order valence-corrected chi connectivity index (χ4v) is 1.59. The van der Waals surface area contributed by atoms with Gasteiger partial charge in [-0.2, -0.15) is 0 Å². The van der Waals surface area contributed by atoms with Crippen molar-refractivity contribution in [3.63, 3.8) is 0 Å². The van der Waals surface area contributed by atoms with E-state index in [-0.39, 0.29) is 5.41 Å². The van der Waals surface area contributed by atoms with Crippen molar-refractivity contribution in [2.75, 3.05) is 0 Å². The van der Waals surface area contributed by atoms with E-state index in [1.807, 2.05) is 0 Å². The van der Waals surface area contributed by atoms with Gasteiger partial charge in [-0.15, -0.1) is 0 Å². The number of carbonyl (C=O) groups is 1. The molecule has 1 nitrogen and oxygen atoms in total. The van der Waals surface area contributed by atoms with Gasteiger partial charge in [0.2, 0.25) is 0 Å². The molecule has 0 radical (unpaired) electrons. The molecule has 0 amide bonds. The van der Waals surface area contributed by atoms with E-state index in [9.17, 15) is 4.79 Å². The first-order valence-corrected chi connectivity index (χ1v) is 5.03. The van der Waals surface area contributed by atoms with Crippen LogP contribution in [0.5, 0.6) is 0 Å². The largest absolute Gasteiger partial charge is 0.300 e. The highest BCUT2D eigenvalue weighted by molar-refractivity contribution is 5.76. The fourth-order valence-electron chi connectivity index (χ4n) is 1.59. The summed E-state index contributed by atoms with van der Waals surface area (Å²) in [6.07, 6.45) is 5.54. The zero-order chi connectivity index (χ0) is 9.61. The lowest BCUT2D eigenvalue weighted by atomic mass is 9.78. The van der Waals surface area contributed by atoms with Crippen LogP contribution in [0.4, 0.5) is 0 Å². The average Bonchev–Trinajstić information content (AvgIpc) is 2.00. The van der Waals surface area contributed by atoms with Crippen LogP contribution in [-0.2, 0) is 4.79 Å². The average molecular weight is 170 g/mol. The zero-order valence-electron chi connectivity index (χ0n) is 8.94. The minimum atomic E-state index is 0.266. The molecule has 0 bridgehead atoms. The maximum Gasteiger partial charge on any atom is 0.130 e. The summed E-state index contributed by atoms with van der Waals surface area (Å²) in [6.45, 7) is 8.30. The second-order valence-electron chi connectivity index (χ2n) is 4.15. The number of ketones is 1. The van der Waals surface area contributed by atoms with Crippen molar-refractivity contribution < 1.29 is 4.79 Å². The summed E-state index contributed by atoms with van der Waals surface area (Å²) in [5.74, 6) is 0.329. The first-order chi connectivity index (χ1) is 5.54. The Hall–Kier alpha value is -0.330. The predicted octanol–water partition coefficient (Wildman–Crippen LogP) is 3.57. The van der Waals surface area contributed by atoms with Gasteiger partial charge in [-0.3, -0.25) is 0 Å². The molecule has 0 aliphatic rings. The molecule has 0 N–H and O–H groups in total. The topological polar surface area (TPSA) is 17.1 Å². The summed E-state index contributed by atoms with van der Waals surface area (Å²) in [6, 6.07) is 0.